The fourth-order valence-electron chi connectivity index (χ4n) is 2.64. The molecule has 0 unspecified atom stereocenters. The van der Waals surface area contributed by atoms with Crippen molar-refractivity contribution in [3.05, 3.63) is 77.4 Å². The first-order valence-electron chi connectivity index (χ1n) is 8.76. The highest BCUT2D eigenvalue weighted by Crippen LogP contribution is 2.30. The van der Waals surface area contributed by atoms with Crippen molar-refractivity contribution < 1.29 is 27.5 Å². The van der Waals surface area contributed by atoms with Crippen molar-refractivity contribution in [1.29, 1.82) is 0 Å². The number of aliphatic hydroxyl groups is 1. The summed E-state index contributed by atoms with van der Waals surface area (Å²) in [6, 6.07) is 10.0. The number of hydrogen-bond acceptors (Lipinski definition) is 4. The van der Waals surface area contributed by atoms with Gasteiger partial charge in [-0.25, -0.2) is 9.37 Å². The van der Waals surface area contributed by atoms with E-state index in [1.807, 2.05) is 0 Å². The third-order valence-corrected chi connectivity index (χ3v) is 5.14. The number of benzene rings is 2. The molecule has 0 atom stereocenters. The molecule has 0 aliphatic heterocycles. The maximum absolute atomic E-state index is 13.1. The molecule has 0 radical (unpaired) electrons. The number of carbonyl (C=O) groups is 1. The molecule has 3 aromatic rings. The van der Waals surface area contributed by atoms with Gasteiger partial charge in [-0.3, -0.25) is 4.79 Å². The molecule has 0 spiro atoms. The van der Waals surface area contributed by atoms with Gasteiger partial charge in [0, 0.05) is 12.2 Å². The fraction of sp³-hybridized carbons (Fsp3) is 0.200. The van der Waals surface area contributed by atoms with Crippen LogP contribution >= 0.6 is 11.8 Å². The Bertz CT molecular complexity index is 1000. The molecular formula is C20H17F4N3O2S. The summed E-state index contributed by atoms with van der Waals surface area (Å²) in [5.41, 5.74) is 0.777. The monoisotopic (exact) mass is 439 g/mol. The molecule has 1 aromatic heterocycles. The average Bonchev–Trinajstić information content (AvgIpc) is 3.09. The van der Waals surface area contributed by atoms with E-state index < -0.39 is 17.6 Å². The topological polar surface area (TPSA) is 67.1 Å². The predicted octanol–water partition coefficient (Wildman–Crippen LogP) is 4.31. The second-order valence-electron chi connectivity index (χ2n) is 6.31. The molecule has 0 saturated heterocycles. The van der Waals surface area contributed by atoms with Gasteiger partial charge in [-0.15, -0.1) is 0 Å². The Morgan fingerprint density at radius 3 is 2.37 bits per heavy atom. The number of rotatable bonds is 7. The third-order valence-electron chi connectivity index (χ3n) is 4.15. The van der Waals surface area contributed by atoms with Crippen LogP contribution in [0, 0.1) is 5.82 Å². The zero-order valence-corrected chi connectivity index (χ0v) is 16.3. The largest absolute Gasteiger partial charge is 0.416 e. The third kappa shape index (κ3) is 5.61. The van der Waals surface area contributed by atoms with Gasteiger partial charge in [-0.2, -0.15) is 13.2 Å². The van der Waals surface area contributed by atoms with Crippen molar-refractivity contribution in [1.82, 2.24) is 9.55 Å². The molecule has 10 heteroatoms. The number of hydrogen-bond donors (Lipinski definition) is 2. The van der Waals surface area contributed by atoms with Crippen LogP contribution in [0.2, 0.25) is 0 Å². The van der Waals surface area contributed by atoms with E-state index in [1.54, 1.807) is 16.7 Å². The van der Waals surface area contributed by atoms with Crippen LogP contribution in [0.25, 0.3) is 0 Å². The highest BCUT2D eigenvalue weighted by Gasteiger charge is 2.30. The smallest absolute Gasteiger partial charge is 0.390 e. The molecule has 1 amide bonds. The quantitative estimate of drug-likeness (QED) is 0.425. The first kappa shape index (κ1) is 21.8. The summed E-state index contributed by atoms with van der Waals surface area (Å²) < 4.78 is 52.6. The van der Waals surface area contributed by atoms with Gasteiger partial charge >= 0.3 is 6.18 Å². The lowest BCUT2D eigenvalue weighted by molar-refractivity contribution is -0.137. The Labute approximate surface area is 173 Å². The number of thioether (sulfide) groups is 1. The van der Waals surface area contributed by atoms with E-state index in [0.29, 0.717) is 17.4 Å². The Kier molecular flexibility index (Phi) is 6.78. The summed E-state index contributed by atoms with van der Waals surface area (Å²) in [5, 5.41) is 12.5. The first-order chi connectivity index (χ1) is 14.3. The zero-order valence-electron chi connectivity index (χ0n) is 15.5. The van der Waals surface area contributed by atoms with E-state index in [4.69, 9.17) is 0 Å². The summed E-state index contributed by atoms with van der Waals surface area (Å²) >= 11 is 1.12. The first-order valence-corrected chi connectivity index (χ1v) is 9.74. The van der Waals surface area contributed by atoms with Crippen LogP contribution in [0.1, 0.15) is 16.8 Å². The normalized spacial score (nSPS) is 11.5. The number of anilines is 1. The lowest BCUT2D eigenvalue weighted by Crippen LogP contribution is -2.15. The van der Waals surface area contributed by atoms with Crippen molar-refractivity contribution in [2.75, 3.05) is 11.1 Å². The summed E-state index contributed by atoms with van der Waals surface area (Å²) in [6.45, 7) is 0.0749. The van der Waals surface area contributed by atoms with Gasteiger partial charge < -0.3 is 15.0 Å². The van der Waals surface area contributed by atoms with Crippen molar-refractivity contribution in [3.8, 4) is 0 Å². The second-order valence-corrected chi connectivity index (χ2v) is 7.26. The zero-order chi connectivity index (χ0) is 21.7. The van der Waals surface area contributed by atoms with Crippen LogP contribution in [-0.2, 0) is 24.1 Å². The van der Waals surface area contributed by atoms with Crippen molar-refractivity contribution in [2.24, 2.45) is 0 Å². The number of halogens is 4. The van der Waals surface area contributed by atoms with E-state index in [1.165, 1.54) is 30.5 Å². The number of alkyl halides is 3. The van der Waals surface area contributed by atoms with Gasteiger partial charge in [-0.1, -0.05) is 23.9 Å². The van der Waals surface area contributed by atoms with Gasteiger partial charge in [0.05, 0.1) is 29.8 Å². The minimum atomic E-state index is -4.44. The van der Waals surface area contributed by atoms with Crippen LogP contribution in [0.3, 0.4) is 0 Å². The number of aromatic nitrogens is 2. The van der Waals surface area contributed by atoms with Crippen LogP contribution in [0.15, 0.2) is 59.9 Å². The molecule has 158 valence electrons. The van der Waals surface area contributed by atoms with Crippen LogP contribution in [0.4, 0.5) is 23.2 Å². The number of imidazole rings is 1. The molecule has 0 bridgehead atoms. The number of amides is 1. The Morgan fingerprint density at radius 2 is 1.77 bits per heavy atom. The van der Waals surface area contributed by atoms with E-state index in [-0.39, 0.29) is 23.9 Å². The standard InChI is InChI=1S/C20H17F4N3O2S/c21-15-5-1-13(2-6-15)10-27-17(11-28)9-25-19(27)30-12-18(29)26-16-7-3-14(4-8-16)20(22,23)24/h1-9,28H,10-12H2,(H,26,29). The minimum absolute atomic E-state index is 0.0354. The Hall–Kier alpha value is -2.85. The van der Waals surface area contributed by atoms with Gasteiger partial charge in [0.1, 0.15) is 5.82 Å². The van der Waals surface area contributed by atoms with Gasteiger partial charge in [0.15, 0.2) is 5.16 Å². The molecule has 2 aromatic carbocycles. The minimum Gasteiger partial charge on any atom is -0.390 e. The van der Waals surface area contributed by atoms with Gasteiger partial charge in [0.25, 0.3) is 0 Å². The number of nitrogens with zero attached hydrogens (tertiary/aromatic N) is 2. The fourth-order valence-corrected chi connectivity index (χ4v) is 3.44. The van der Waals surface area contributed by atoms with Crippen molar-refractivity contribution >= 4 is 23.4 Å². The number of carbonyl (C=O) groups excluding carboxylic acids is 1. The average molecular weight is 439 g/mol. The summed E-state index contributed by atoms with van der Waals surface area (Å²) in [6.07, 6.45) is -2.95. The lowest BCUT2D eigenvalue weighted by Gasteiger charge is -2.11. The molecule has 0 aliphatic rings. The second kappa shape index (κ2) is 9.31. The number of aliphatic hydroxyl groups excluding tert-OH is 1. The molecule has 30 heavy (non-hydrogen) atoms. The maximum Gasteiger partial charge on any atom is 0.416 e. The highest BCUT2D eigenvalue weighted by molar-refractivity contribution is 7.99. The highest BCUT2D eigenvalue weighted by atomic mass is 32.2. The Morgan fingerprint density at radius 1 is 1.10 bits per heavy atom. The predicted molar refractivity (Wildman–Crippen MR) is 104 cm³/mol. The Balaban J connectivity index is 1.63. The molecule has 3 rings (SSSR count). The molecule has 0 aliphatic carbocycles. The van der Waals surface area contributed by atoms with E-state index in [2.05, 4.69) is 10.3 Å². The molecule has 2 N–H and O–H groups in total. The molecule has 1 heterocycles. The van der Waals surface area contributed by atoms with Crippen LogP contribution in [0.5, 0.6) is 0 Å². The molecular weight excluding hydrogens is 422 g/mol. The van der Waals surface area contributed by atoms with E-state index >= 15 is 0 Å². The summed E-state index contributed by atoms with van der Waals surface area (Å²) in [4.78, 5) is 16.4. The molecule has 0 fully saturated rings. The van der Waals surface area contributed by atoms with E-state index in [9.17, 15) is 27.5 Å². The van der Waals surface area contributed by atoms with Crippen LogP contribution < -0.4 is 5.32 Å². The van der Waals surface area contributed by atoms with Crippen molar-refractivity contribution in [2.45, 2.75) is 24.5 Å². The van der Waals surface area contributed by atoms with Crippen molar-refractivity contribution in [3.63, 3.8) is 0 Å². The molecule has 0 saturated carbocycles. The SMILES string of the molecule is O=C(CSc1ncc(CO)n1Cc1ccc(F)cc1)Nc1ccc(C(F)(F)F)cc1. The number of nitrogens with one attached hydrogen (secondary N) is 1. The molecule has 5 nitrogen and oxygen atoms in total. The maximum atomic E-state index is 13.1. The van der Waals surface area contributed by atoms with Gasteiger partial charge in [-0.05, 0) is 42.0 Å². The van der Waals surface area contributed by atoms with Gasteiger partial charge in [0.2, 0.25) is 5.91 Å². The summed E-state index contributed by atoms with van der Waals surface area (Å²) in [5.74, 6) is -0.810. The lowest BCUT2D eigenvalue weighted by atomic mass is 10.2. The summed E-state index contributed by atoms with van der Waals surface area (Å²) in [7, 11) is 0. The van der Waals surface area contributed by atoms with E-state index in [0.717, 1.165) is 29.5 Å². The van der Waals surface area contributed by atoms with Crippen LogP contribution in [-0.4, -0.2) is 26.3 Å².